The van der Waals surface area contributed by atoms with Gasteiger partial charge < -0.3 is 10.4 Å². The number of carbonyl (C=O) groups is 1. The van der Waals surface area contributed by atoms with Crippen LogP contribution in [0.15, 0.2) is 41.9 Å². The number of benzene rings is 1. The number of hydrogen-bond donors (Lipinski definition) is 2. The molecule has 0 fully saturated rings. The van der Waals surface area contributed by atoms with Gasteiger partial charge in [0.25, 0.3) is 0 Å². The summed E-state index contributed by atoms with van der Waals surface area (Å²) in [5.74, 6) is -0.105. The van der Waals surface area contributed by atoms with Crippen molar-refractivity contribution in [1.82, 2.24) is 9.88 Å². The molecule has 0 saturated carbocycles. The molecule has 0 aliphatic carbocycles. The van der Waals surface area contributed by atoms with Gasteiger partial charge in [0.05, 0.1) is 13.2 Å². The summed E-state index contributed by atoms with van der Waals surface area (Å²) < 4.78 is 0. The number of aliphatic hydroxyl groups is 1. The summed E-state index contributed by atoms with van der Waals surface area (Å²) in [6.07, 6.45) is 2.51. The fraction of sp³-hybridized carbons (Fsp3) is 0.333. The Balaban J connectivity index is 1.82. The molecule has 6 heteroatoms. The van der Waals surface area contributed by atoms with Crippen molar-refractivity contribution in [2.24, 2.45) is 0 Å². The molecule has 0 spiro atoms. The molecule has 1 heterocycles. The molecule has 1 aromatic carbocycles. The first kappa shape index (κ1) is 15.6. The van der Waals surface area contributed by atoms with Gasteiger partial charge >= 0.3 is 0 Å². The van der Waals surface area contributed by atoms with Crippen molar-refractivity contribution in [3.05, 3.63) is 47.5 Å². The van der Waals surface area contributed by atoms with Crippen LogP contribution < -0.4 is 5.32 Å². The third-order valence-electron chi connectivity index (χ3n) is 3.02. The molecule has 2 aromatic rings. The van der Waals surface area contributed by atoms with Crippen LogP contribution in [-0.2, 0) is 11.2 Å². The number of hydrogen-bond acceptors (Lipinski definition) is 5. The Morgan fingerprint density at radius 2 is 2.10 bits per heavy atom. The molecule has 1 amide bonds. The van der Waals surface area contributed by atoms with Crippen molar-refractivity contribution in [2.45, 2.75) is 6.42 Å². The molecule has 0 saturated heterocycles. The van der Waals surface area contributed by atoms with Gasteiger partial charge in [0.2, 0.25) is 5.91 Å². The highest BCUT2D eigenvalue weighted by Gasteiger charge is 2.11. The van der Waals surface area contributed by atoms with E-state index in [9.17, 15) is 4.79 Å². The Morgan fingerprint density at radius 3 is 2.76 bits per heavy atom. The standard InChI is InChI=1S/C15H19N3O2S/c19-10-9-18(8-6-13-4-2-1-3-5-13)12-14(20)17-15-16-7-11-21-15/h1-5,7,11,19H,6,8-10,12H2,(H,16,17,20). The number of nitrogens with zero attached hydrogens (tertiary/aromatic N) is 2. The molecular weight excluding hydrogens is 286 g/mol. The molecule has 0 radical (unpaired) electrons. The lowest BCUT2D eigenvalue weighted by Gasteiger charge is -2.20. The topological polar surface area (TPSA) is 65.5 Å². The SMILES string of the molecule is O=C(CN(CCO)CCc1ccccc1)Nc1nccs1. The summed E-state index contributed by atoms with van der Waals surface area (Å²) in [5.41, 5.74) is 1.22. The first-order chi connectivity index (χ1) is 10.3. The predicted molar refractivity (Wildman–Crippen MR) is 84.4 cm³/mol. The average Bonchev–Trinajstić information content (AvgIpc) is 2.99. The molecule has 0 atom stereocenters. The van der Waals surface area contributed by atoms with Crippen molar-refractivity contribution in [3.8, 4) is 0 Å². The molecule has 5 nitrogen and oxygen atoms in total. The van der Waals surface area contributed by atoms with Crippen molar-refractivity contribution in [2.75, 3.05) is 31.6 Å². The van der Waals surface area contributed by atoms with Crippen molar-refractivity contribution in [3.63, 3.8) is 0 Å². The van der Waals surface area contributed by atoms with Gasteiger partial charge in [0, 0.05) is 24.7 Å². The Bertz CT molecular complexity index is 531. The quantitative estimate of drug-likeness (QED) is 0.778. The molecule has 0 aliphatic heterocycles. The Hall–Kier alpha value is -1.76. The van der Waals surface area contributed by atoms with Gasteiger partial charge in [-0.2, -0.15) is 0 Å². The highest BCUT2D eigenvalue weighted by atomic mass is 32.1. The van der Waals surface area contributed by atoms with E-state index in [-0.39, 0.29) is 19.1 Å². The Kier molecular flexibility index (Phi) is 6.33. The zero-order chi connectivity index (χ0) is 14.9. The maximum atomic E-state index is 11.9. The van der Waals surface area contributed by atoms with Crippen molar-refractivity contribution >= 4 is 22.4 Å². The average molecular weight is 305 g/mol. The van der Waals surface area contributed by atoms with Crippen LogP contribution in [0.5, 0.6) is 0 Å². The number of carbonyl (C=O) groups excluding carboxylic acids is 1. The lowest BCUT2D eigenvalue weighted by Crippen LogP contribution is -2.36. The van der Waals surface area contributed by atoms with Crippen LogP contribution >= 0.6 is 11.3 Å². The first-order valence-corrected chi connectivity index (χ1v) is 7.72. The Morgan fingerprint density at radius 1 is 1.29 bits per heavy atom. The van der Waals surface area contributed by atoms with Crippen LogP contribution in [0.25, 0.3) is 0 Å². The number of anilines is 1. The monoisotopic (exact) mass is 305 g/mol. The van der Waals surface area contributed by atoms with Crippen LogP contribution in [0.4, 0.5) is 5.13 Å². The lowest BCUT2D eigenvalue weighted by molar-refractivity contribution is -0.117. The molecule has 21 heavy (non-hydrogen) atoms. The van der Waals surface area contributed by atoms with Crippen LogP contribution in [0.3, 0.4) is 0 Å². The van der Waals surface area contributed by atoms with Gasteiger partial charge in [0.15, 0.2) is 5.13 Å². The lowest BCUT2D eigenvalue weighted by atomic mass is 10.1. The van der Waals surface area contributed by atoms with Gasteiger partial charge in [-0.25, -0.2) is 4.98 Å². The number of aromatic nitrogens is 1. The smallest absolute Gasteiger partial charge is 0.240 e. The summed E-state index contributed by atoms with van der Waals surface area (Å²) in [4.78, 5) is 17.9. The maximum absolute atomic E-state index is 11.9. The molecule has 1 aromatic heterocycles. The minimum atomic E-state index is -0.105. The molecule has 0 unspecified atom stereocenters. The van der Waals surface area contributed by atoms with Crippen LogP contribution in [0, 0.1) is 0 Å². The van der Waals surface area contributed by atoms with Gasteiger partial charge in [-0.1, -0.05) is 30.3 Å². The largest absolute Gasteiger partial charge is 0.395 e. The van der Waals surface area contributed by atoms with Gasteiger partial charge in [-0.3, -0.25) is 9.69 Å². The predicted octanol–water partition coefficient (Wildman–Crippen LogP) is 1.62. The van der Waals surface area contributed by atoms with E-state index >= 15 is 0 Å². The van der Waals surface area contributed by atoms with Crippen molar-refractivity contribution in [1.29, 1.82) is 0 Å². The number of amides is 1. The summed E-state index contributed by atoms with van der Waals surface area (Å²) in [7, 11) is 0. The second kappa shape index (κ2) is 8.51. The van der Waals surface area contributed by atoms with Gasteiger partial charge in [-0.15, -0.1) is 11.3 Å². The van der Waals surface area contributed by atoms with E-state index in [1.54, 1.807) is 6.20 Å². The minimum absolute atomic E-state index is 0.0410. The molecule has 0 bridgehead atoms. The third kappa shape index (κ3) is 5.63. The summed E-state index contributed by atoms with van der Waals surface area (Å²) >= 11 is 1.39. The van der Waals surface area contributed by atoms with E-state index in [4.69, 9.17) is 5.11 Å². The van der Waals surface area contributed by atoms with Gasteiger partial charge in [-0.05, 0) is 12.0 Å². The van der Waals surface area contributed by atoms with Crippen molar-refractivity contribution < 1.29 is 9.90 Å². The molecule has 2 rings (SSSR count). The van der Waals surface area contributed by atoms with E-state index in [1.165, 1.54) is 16.9 Å². The fourth-order valence-electron chi connectivity index (χ4n) is 1.99. The highest BCUT2D eigenvalue weighted by molar-refractivity contribution is 7.13. The molecule has 2 N–H and O–H groups in total. The number of thiazole rings is 1. The van der Waals surface area contributed by atoms with E-state index in [1.807, 2.05) is 28.5 Å². The van der Waals surface area contributed by atoms with Crippen LogP contribution in [0.2, 0.25) is 0 Å². The van der Waals surface area contributed by atoms with E-state index in [2.05, 4.69) is 22.4 Å². The van der Waals surface area contributed by atoms with Crippen LogP contribution in [-0.4, -0.2) is 47.1 Å². The molecule has 0 aliphatic rings. The second-order valence-corrected chi connectivity index (χ2v) is 5.52. The fourth-order valence-corrected chi connectivity index (χ4v) is 2.54. The van der Waals surface area contributed by atoms with Crippen LogP contribution in [0.1, 0.15) is 5.56 Å². The summed E-state index contributed by atoms with van der Waals surface area (Å²) in [6, 6.07) is 10.1. The molecular formula is C15H19N3O2S. The minimum Gasteiger partial charge on any atom is -0.395 e. The number of rotatable bonds is 8. The van der Waals surface area contributed by atoms with E-state index in [0.29, 0.717) is 11.7 Å². The third-order valence-corrected chi connectivity index (χ3v) is 3.71. The maximum Gasteiger partial charge on any atom is 0.240 e. The van der Waals surface area contributed by atoms with E-state index in [0.717, 1.165) is 13.0 Å². The Labute approximate surface area is 128 Å². The zero-order valence-corrected chi connectivity index (χ0v) is 12.6. The number of aliphatic hydroxyl groups excluding tert-OH is 1. The zero-order valence-electron chi connectivity index (χ0n) is 11.7. The molecule has 112 valence electrons. The normalized spacial score (nSPS) is 10.8. The van der Waals surface area contributed by atoms with Gasteiger partial charge in [0.1, 0.15) is 0 Å². The van der Waals surface area contributed by atoms with E-state index < -0.39 is 0 Å². The second-order valence-electron chi connectivity index (χ2n) is 4.62. The first-order valence-electron chi connectivity index (χ1n) is 6.84. The highest BCUT2D eigenvalue weighted by Crippen LogP contribution is 2.10. The summed E-state index contributed by atoms with van der Waals surface area (Å²) in [6.45, 7) is 1.51. The number of nitrogens with one attached hydrogen (secondary N) is 1. The summed E-state index contributed by atoms with van der Waals surface area (Å²) in [5, 5.41) is 14.3.